The fourth-order valence-corrected chi connectivity index (χ4v) is 6.24. The summed E-state index contributed by atoms with van der Waals surface area (Å²) in [4.78, 5) is 34.5. The molecule has 2 aliphatic heterocycles. The van der Waals surface area contributed by atoms with Gasteiger partial charge in [-0.3, -0.25) is 19.4 Å². The maximum atomic E-state index is 13.1. The molecular formula is C21H25N3O2S. The maximum absolute atomic E-state index is 13.1. The molecule has 0 radical (unpaired) electrons. The number of benzene rings is 1. The van der Waals surface area contributed by atoms with Gasteiger partial charge >= 0.3 is 0 Å². The van der Waals surface area contributed by atoms with Gasteiger partial charge in [-0.15, -0.1) is 11.3 Å². The van der Waals surface area contributed by atoms with Crippen molar-refractivity contribution in [3.63, 3.8) is 0 Å². The monoisotopic (exact) mass is 383 g/mol. The Bertz CT molecular complexity index is 853. The maximum Gasteiger partial charge on any atom is 0.237 e. The Morgan fingerprint density at radius 3 is 2.74 bits per heavy atom. The molecule has 3 heterocycles. The van der Waals surface area contributed by atoms with Crippen LogP contribution in [0.2, 0.25) is 0 Å². The molecule has 142 valence electrons. The van der Waals surface area contributed by atoms with Gasteiger partial charge in [-0.25, -0.2) is 4.98 Å². The van der Waals surface area contributed by atoms with Crippen LogP contribution in [0.3, 0.4) is 0 Å². The third kappa shape index (κ3) is 2.90. The molecule has 0 bridgehead atoms. The fraction of sp³-hybridized carbons (Fsp3) is 0.571. The number of piperidine rings is 1. The number of hydrogen-bond acceptors (Lipinski definition) is 5. The van der Waals surface area contributed by atoms with E-state index in [0.717, 1.165) is 55.6 Å². The second-order valence-electron chi connectivity index (χ2n) is 8.28. The minimum absolute atomic E-state index is 0.0236. The van der Waals surface area contributed by atoms with Crippen molar-refractivity contribution in [2.45, 2.75) is 57.4 Å². The molecule has 2 saturated heterocycles. The number of likely N-dealkylation sites (tertiary alicyclic amines) is 2. The molecule has 1 aromatic carbocycles. The van der Waals surface area contributed by atoms with E-state index in [4.69, 9.17) is 4.98 Å². The van der Waals surface area contributed by atoms with Crippen molar-refractivity contribution >= 4 is 33.4 Å². The lowest BCUT2D eigenvalue weighted by Crippen LogP contribution is -2.45. The van der Waals surface area contributed by atoms with E-state index in [1.54, 1.807) is 16.2 Å². The van der Waals surface area contributed by atoms with Crippen molar-refractivity contribution in [2.24, 2.45) is 5.41 Å². The van der Waals surface area contributed by atoms with Crippen LogP contribution in [-0.2, 0) is 9.59 Å². The molecule has 1 saturated carbocycles. The molecule has 1 unspecified atom stereocenters. The van der Waals surface area contributed by atoms with Crippen molar-refractivity contribution in [1.29, 1.82) is 0 Å². The normalized spacial score (nSPS) is 25.9. The highest BCUT2D eigenvalue weighted by molar-refractivity contribution is 7.18. The van der Waals surface area contributed by atoms with Gasteiger partial charge in [-0.1, -0.05) is 31.4 Å². The molecule has 0 N–H and O–H groups in total. The molecule has 1 spiro atoms. The van der Waals surface area contributed by atoms with E-state index in [1.807, 2.05) is 12.1 Å². The Balaban J connectivity index is 1.39. The third-order valence-electron chi connectivity index (χ3n) is 6.58. The minimum Gasteiger partial charge on any atom is -0.276 e. The van der Waals surface area contributed by atoms with Gasteiger partial charge in [-0.05, 0) is 37.8 Å². The van der Waals surface area contributed by atoms with Crippen LogP contribution in [0.1, 0.15) is 62.4 Å². The SMILES string of the molecule is O=C1CC2(CCCC2)C(=O)N1CN1CCCCC1c1nc2ccccc2s1. The van der Waals surface area contributed by atoms with E-state index in [-0.39, 0.29) is 23.3 Å². The minimum atomic E-state index is -0.377. The van der Waals surface area contributed by atoms with Crippen LogP contribution in [0.15, 0.2) is 24.3 Å². The first-order valence-corrected chi connectivity index (χ1v) is 10.9. The number of amides is 2. The standard InChI is InChI=1S/C21H25N3O2S/c25-18-13-21(10-4-5-11-21)20(26)24(18)14-23-12-6-3-8-16(23)19-22-15-7-1-2-9-17(15)27-19/h1-2,7,9,16H,3-6,8,10-14H2. The Kier molecular flexibility index (Phi) is 4.28. The third-order valence-corrected chi connectivity index (χ3v) is 7.72. The van der Waals surface area contributed by atoms with Crippen molar-refractivity contribution in [3.8, 4) is 0 Å². The quantitative estimate of drug-likeness (QED) is 0.749. The first kappa shape index (κ1) is 17.3. The second-order valence-corrected chi connectivity index (χ2v) is 9.34. The van der Waals surface area contributed by atoms with Crippen molar-refractivity contribution in [2.75, 3.05) is 13.2 Å². The number of imide groups is 1. The van der Waals surface area contributed by atoms with Gasteiger partial charge in [0.25, 0.3) is 0 Å². The van der Waals surface area contributed by atoms with Crippen LogP contribution in [0.25, 0.3) is 10.2 Å². The summed E-state index contributed by atoms with van der Waals surface area (Å²) in [6.07, 6.45) is 7.67. The summed E-state index contributed by atoms with van der Waals surface area (Å²) in [7, 11) is 0. The fourth-order valence-electron chi connectivity index (χ4n) is 5.10. The van der Waals surface area contributed by atoms with Gasteiger partial charge in [0.1, 0.15) is 5.01 Å². The lowest BCUT2D eigenvalue weighted by atomic mass is 9.85. The Labute approximate surface area is 163 Å². The number of fused-ring (bicyclic) bond motifs is 1. The number of carbonyl (C=O) groups is 2. The summed E-state index contributed by atoms with van der Waals surface area (Å²) >= 11 is 1.74. The average Bonchev–Trinajstić information content (AvgIpc) is 3.37. The number of carbonyl (C=O) groups excluding carboxylic acids is 2. The number of nitrogens with zero attached hydrogens (tertiary/aromatic N) is 3. The highest BCUT2D eigenvalue weighted by Gasteiger charge is 2.53. The van der Waals surface area contributed by atoms with Gasteiger partial charge in [0, 0.05) is 13.0 Å². The van der Waals surface area contributed by atoms with E-state index in [2.05, 4.69) is 17.0 Å². The van der Waals surface area contributed by atoms with Crippen molar-refractivity contribution < 1.29 is 9.59 Å². The van der Waals surface area contributed by atoms with Crippen LogP contribution in [-0.4, -0.2) is 39.8 Å². The molecule has 27 heavy (non-hydrogen) atoms. The molecule has 1 aliphatic carbocycles. The summed E-state index contributed by atoms with van der Waals surface area (Å²) in [5, 5.41) is 1.12. The molecule has 1 aromatic heterocycles. The van der Waals surface area contributed by atoms with Gasteiger partial charge < -0.3 is 0 Å². The van der Waals surface area contributed by atoms with Crippen LogP contribution in [0.5, 0.6) is 0 Å². The number of thiazole rings is 1. The lowest BCUT2D eigenvalue weighted by molar-refractivity contribution is -0.144. The average molecular weight is 384 g/mol. The molecule has 1 atom stereocenters. The lowest BCUT2D eigenvalue weighted by Gasteiger charge is -2.36. The van der Waals surface area contributed by atoms with Crippen molar-refractivity contribution in [1.82, 2.24) is 14.8 Å². The topological polar surface area (TPSA) is 53.5 Å². The number of hydrogen-bond donors (Lipinski definition) is 0. The van der Waals surface area contributed by atoms with E-state index in [1.165, 1.54) is 11.1 Å². The molecule has 2 amide bonds. The van der Waals surface area contributed by atoms with Crippen LogP contribution >= 0.6 is 11.3 Å². The van der Waals surface area contributed by atoms with Gasteiger partial charge in [0.2, 0.25) is 11.8 Å². The van der Waals surface area contributed by atoms with E-state index in [0.29, 0.717) is 13.1 Å². The number of aromatic nitrogens is 1. The summed E-state index contributed by atoms with van der Waals surface area (Å²) in [5.41, 5.74) is 0.666. The predicted molar refractivity (Wildman–Crippen MR) is 105 cm³/mol. The Morgan fingerprint density at radius 2 is 1.93 bits per heavy atom. The smallest absolute Gasteiger partial charge is 0.237 e. The molecule has 2 aromatic rings. The van der Waals surface area contributed by atoms with E-state index >= 15 is 0 Å². The van der Waals surface area contributed by atoms with Gasteiger partial charge in [0.05, 0.1) is 28.3 Å². The highest BCUT2D eigenvalue weighted by atomic mass is 32.1. The summed E-state index contributed by atoms with van der Waals surface area (Å²) in [6.45, 7) is 1.35. The number of rotatable bonds is 3. The molecule has 5 rings (SSSR count). The van der Waals surface area contributed by atoms with Crippen LogP contribution in [0, 0.1) is 5.41 Å². The number of para-hydroxylation sites is 1. The zero-order chi connectivity index (χ0) is 18.4. The van der Waals surface area contributed by atoms with Gasteiger partial charge in [-0.2, -0.15) is 0 Å². The zero-order valence-corrected chi connectivity index (χ0v) is 16.3. The van der Waals surface area contributed by atoms with E-state index < -0.39 is 0 Å². The van der Waals surface area contributed by atoms with Crippen LogP contribution < -0.4 is 0 Å². The van der Waals surface area contributed by atoms with Gasteiger partial charge in [0.15, 0.2) is 0 Å². The molecule has 6 heteroatoms. The highest BCUT2D eigenvalue weighted by Crippen LogP contribution is 2.47. The van der Waals surface area contributed by atoms with Crippen molar-refractivity contribution in [3.05, 3.63) is 29.3 Å². The zero-order valence-electron chi connectivity index (χ0n) is 15.5. The molecular weight excluding hydrogens is 358 g/mol. The molecule has 3 fully saturated rings. The summed E-state index contributed by atoms with van der Waals surface area (Å²) in [6, 6.07) is 8.44. The molecule has 3 aliphatic rings. The first-order chi connectivity index (χ1) is 13.2. The summed E-state index contributed by atoms with van der Waals surface area (Å²) < 4.78 is 1.20. The Morgan fingerprint density at radius 1 is 1.11 bits per heavy atom. The Hall–Kier alpha value is -1.79. The second kappa shape index (κ2) is 6.67. The first-order valence-electron chi connectivity index (χ1n) is 10.1. The largest absolute Gasteiger partial charge is 0.276 e. The summed E-state index contributed by atoms with van der Waals surface area (Å²) in [5.74, 6) is 0.106. The van der Waals surface area contributed by atoms with Crippen LogP contribution in [0.4, 0.5) is 0 Å². The van der Waals surface area contributed by atoms with E-state index in [9.17, 15) is 9.59 Å². The molecule has 5 nitrogen and oxygen atoms in total. The predicted octanol–water partition coefficient (Wildman–Crippen LogP) is 4.10.